The van der Waals surface area contributed by atoms with Gasteiger partial charge in [-0.25, -0.2) is 12.8 Å². The number of nitrogens with one attached hydrogen (secondary N) is 2. The third-order valence-electron chi connectivity index (χ3n) is 4.89. The second kappa shape index (κ2) is 11.2. The predicted molar refractivity (Wildman–Crippen MR) is 107 cm³/mol. The number of sulfone groups is 1. The van der Waals surface area contributed by atoms with Crippen LogP contribution in [0, 0.1) is 11.2 Å². The van der Waals surface area contributed by atoms with Crippen LogP contribution in [-0.2, 0) is 9.84 Å². The van der Waals surface area contributed by atoms with Crippen LogP contribution in [0.5, 0.6) is 0 Å². The van der Waals surface area contributed by atoms with Crippen LogP contribution in [0.3, 0.4) is 0 Å². The van der Waals surface area contributed by atoms with Crippen molar-refractivity contribution in [2.45, 2.75) is 44.9 Å². The van der Waals surface area contributed by atoms with E-state index < -0.39 is 15.7 Å². The van der Waals surface area contributed by atoms with Crippen LogP contribution in [0.25, 0.3) is 0 Å². The molecule has 0 atom stereocenters. The van der Waals surface area contributed by atoms with Gasteiger partial charge >= 0.3 is 0 Å². The summed E-state index contributed by atoms with van der Waals surface area (Å²) in [4.78, 5) is 4.29. The Labute approximate surface area is 162 Å². The average molecular weight is 402 g/mol. The van der Waals surface area contributed by atoms with Crippen LogP contribution in [-0.4, -0.2) is 51.5 Å². The Morgan fingerprint density at radius 1 is 1.19 bits per heavy atom. The van der Waals surface area contributed by atoms with E-state index in [4.69, 9.17) is 0 Å². The van der Waals surface area contributed by atoms with E-state index in [2.05, 4.69) is 29.5 Å². The smallest absolute Gasteiger partial charge is 0.191 e. The zero-order chi connectivity index (χ0) is 20.3. The summed E-state index contributed by atoms with van der Waals surface area (Å²) in [6, 6.07) is 5.38. The lowest BCUT2D eigenvalue weighted by Gasteiger charge is -2.29. The van der Waals surface area contributed by atoms with E-state index in [9.17, 15) is 17.9 Å². The van der Waals surface area contributed by atoms with Crippen molar-refractivity contribution >= 4 is 15.8 Å². The number of halogens is 1. The second-order valence-electron chi connectivity index (χ2n) is 6.55. The van der Waals surface area contributed by atoms with Gasteiger partial charge in [0.1, 0.15) is 10.7 Å². The third kappa shape index (κ3) is 7.10. The molecule has 0 aromatic heterocycles. The quantitative estimate of drug-likeness (QED) is 0.391. The molecule has 0 saturated carbocycles. The van der Waals surface area contributed by atoms with Crippen molar-refractivity contribution in [3.05, 3.63) is 30.1 Å². The molecule has 1 aromatic rings. The van der Waals surface area contributed by atoms with E-state index in [-0.39, 0.29) is 29.2 Å². The van der Waals surface area contributed by atoms with E-state index in [0.29, 0.717) is 25.5 Å². The molecule has 0 unspecified atom stereocenters. The van der Waals surface area contributed by atoms with Crippen molar-refractivity contribution in [1.29, 1.82) is 0 Å². The van der Waals surface area contributed by atoms with E-state index in [1.165, 1.54) is 18.2 Å². The minimum absolute atomic E-state index is 0.0731. The topological polar surface area (TPSA) is 90.8 Å². The number of nitrogens with zero attached hydrogens (tertiary/aromatic N) is 1. The molecule has 0 fully saturated rings. The minimum Gasteiger partial charge on any atom is -0.396 e. The number of hydrogen-bond donors (Lipinski definition) is 3. The molecule has 0 saturated heterocycles. The SMILES string of the molecule is CCNC(=NCC(CC)(CC)CCO)NCCS(=O)(=O)c1ccccc1F. The highest BCUT2D eigenvalue weighted by Crippen LogP contribution is 2.30. The zero-order valence-corrected chi connectivity index (χ0v) is 17.3. The Morgan fingerprint density at radius 3 is 2.41 bits per heavy atom. The Hall–Kier alpha value is -1.67. The molecule has 0 heterocycles. The Bertz CT molecular complexity index is 704. The highest BCUT2D eigenvalue weighted by Gasteiger charge is 2.25. The maximum absolute atomic E-state index is 13.7. The molecule has 0 aliphatic heterocycles. The van der Waals surface area contributed by atoms with Gasteiger partial charge in [0, 0.05) is 26.2 Å². The van der Waals surface area contributed by atoms with Gasteiger partial charge in [0.2, 0.25) is 0 Å². The Kier molecular flexibility index (Phi) is 9.73. The van der Waals surface area contributed by atoms with Crippen molar-refractivity contribution in [1.82, 2.24) is 10.6 Å². The number of aliphatic hydroxyl groups is 1. The molecule has 6 nitrogen and oxygen atoms in total. The van der Waals surface area contributed by atoms with Gasteiger partial charge in [-0.15, -0.1) is 0 Å². The highest BCUT2D eigenvalue weighted by atomic mass is 32.2. The molecule has 1 aromatic carbocycles. The van der Waals surface area contributed by atoms with E-state index in [0.717, 1.165) is 18.9 Å². The van der Waals surface area contributed by atoms with Crippen molar-refractivity contribution < 1.29 is 17.9 Å². The predicted octanol–water partition coefficient (Wildman–Crippen LogP) is 2.34. The van der Waals surface area contributed by atoms with Gasteiger partial charge in [-0.3, -0.25) is 4.99 Å². The number of rotatable bonds is 11. The van der Waals surface area contributed by atoms with Crippen molar-refractivity contribution in [3.8, 4) is 0 Å². The molecule has 0 radical (unpaired) electrons. The number of hydrogen-bond acceptors (Lipinski definition) is 4. The van der Waals surface area contributed by atoms with Gasteiger partial charge in [0.05, 0.1) is 5.75 Å². The first-order valence-electron chi connectivity index (χ1n) is 9.44. The molecule has 0 spiro atoms. The fourth-order valence-corrected chi connectivity index (χ4v) is 4.08. The summed E-state index contributed by atoms with van der Waals surface area (Å²) in [5.74, 6) is -0.454. The van der Waals surface area contributed by atoms with Crippen molar-refractivity contribution in [2.75, 3.05) is 32.0 Å². The number of benzene rings is 1. The van der Waals surface area contributed by atoms with Crippen LogP contribution in [0.15, 0.2) is 34.2 Å². The van der Waals surface area contributed by atoms with Gasteiger partial charge < -0.3 is 15.7 Å². The molecule has 154 valence electrons. The molecular formula is C19H32FN3O3S. The molecule has 3 N–H and O–H groups in total. The molecule has 1 rings (SSSR count). The van der Waals surface area contributed by atoms with Gasteiger partial charge in [0.25, 0.3) is 0 Å². The van der Waals surface area contributed by atoms with Crippen LogP contribution < -0.4 is 10.6 Å². The summed E-state index contributed by atoms with van der Waals surface area (Å²) in [6.45, 7) is 7.49. The molecule has 8 heteroatoms. The second-order valence-corrected chi connectivity index (χ2v) is 8.63. The van der Waals surface area contributed by atoms with E-state index in [1.54, 1.807) is 0 Å². The normalized spacial score (nSPS) is 12.9. The first-order valence-corrected chi connectivity index (χ1v) is 11.1. The molecule has 27 heavy (non-hydrogen) atoms. The molecule has 0 amide bonds. The summed E-state index contributed by atoms with van der Waals surface area (Å²) in [5, 5.41) is 15.4. The van der Waals surface area contributed by atoms with Crippen LogP contribution in [0.2, 0.25) is 0 Å². The van der Waals surface area contributed by atoms with Crippen LogP contribution in [0.4, 0.5) is 4.39 Å². The summed E-state index contributed by atoms with van der Waals surface area (Å²) in [5.41, 5.74) is -0.0731. The van der Waals surface area contributed by atoms with Crippen molar-refractivity contribution in [3.63, 3.8) is 0 Å². The Morgan fingerprint density at radius 2 is 1.85 bits per heavy atom. The largest absolute Gasteiger partial charge is 0.396 e. The molecule has 0 bridgehead atoms. The average Bonchev–Trinajstić information content (AvgIpc) is 2.65. The summed E-state index contributed by atoms with van der Waals surface area (Å²) in [6.07, 6.45) is 2.47. The standard InChI is InChI=1S/C19H32FN3O3S/c1-4-19(5-2,11-13-24)15-23-18(21-6-3)22-12-14-27(25,26)17-10-8-7-9-16(17)20/h7-10,24H,4-6,11-15H2,1-3H3,(H2,21,22,23). The summed E-state index contributed by atoms with van der Waals surface area (Å²) >= 11 is 0. The number of aliphatic hydroxyl groups excluding tert-OH is 1. The molecular weight excluding hydrogens is 369 g/mol. The van der Waals surface area contributed by atoms with Gasteiger partial charge in [-0.2, -0.15) is 0 Å². The van der Waals surface area contributed by atoms with Gasteiger partial charge in [-0.05, 0) is 43.7 Å². The lowest BCUT2D eigenvalue weighted by molar-refractivity contribution is 0.175. The van der Waals surface area contributed by atoms with E-state index >= 15 is 0 Å². The molecule has 0 aliphatic carbocycles. The zero-order valence-electron chi connectivity index (χ0n) is 16.5. The lowest BCUT2D eigenvalue weighted by Crippen LogP contribution is -2.40. The monoisotopic (exact) mass is 401 g/mol. The minimum atomic E-state index is -3.72. The first-order chi connectivity index (χ1) is 12.8. The summed E-state index contributed by atoms with van der Waals surface area (Å²) < 4.78 is 38.4. The third-order valence-corrected chi connectivity index (χ3v) is 6.64. The van der Waals surface area contributed by atoms with Crippen molar-refractivity contribution in [2.24, 2.45) is 10.4 Å². The summed E-state index contributed by atoms with van der Waals surface area (Å²) in [7, 11) is -3.72. The maximum atomic E-state index is 13.7. The Balaban J connectivity index is 2.76. The van der Waals surface area contributed by atoms with Crippen LogP contribution in [0.1, 0.15) is 40.0 Å². The number of aliphatic imine (C=N–C) groups is 1. The van der Waals surface area contributed by atoms with Crippen LogP contribution >= 0.6 is 0 Å². The van der Waals surface area contributed by atoms with Gasteiger partial charge in [-0.1, -0.05) is 26.0 Å². The lowest BCUT2D eigenvalue weighted by atomic mass is 9.79. The number of guanidine groups is 1. The maximum Gasteiger partial charge on any atom is 0.191 e. The fraction of sp³-hybridized carbons (Fsp3) is 0.632. The fourth-order valence-electron chi connectivity index (χ4n) is 2.84. The molecule has 0 aliphatic rings. The highest BCUT2D eigenvalue weighted by molar-refractivity contribution is 7.91. The van der Waals surface area contributed by atoms with E-state index in [1.807, 2.05) is 6.92 Å². The van der Waals surface area contributed by atoms with Gasteiger partial charge in [0.15, 0.2) is 15.8 Å². The first kappa shape index (κ1) is 23.4.